The van der Waals surface area contributed by atoms with Crippen molar-refractivity contribution in [2.75, 3.05) is 19.5 Å². The lowest BCUT2D eigenvalue weighted by atomic mass is 10.4. The Hall–Kier alpha value is -2.44. The van der Waals surface area contributed by atoms with Crippen LogP contribution in [0.15, 0.2) is 18.3 Å². The summed E-state index contributed by atoms with van der Waals surface area (Å²) in [5.41, 5.74) is 0.909. The lowest BCUT2D eigenvalue weighted by Crippen LogP contribution is -2.03. The van der Waals surface area contributed by atoms with E-state index in [-0.39, 0.29) is 12.0 Å². The Labute approximate surface area is 104 Å². The summed E-state index contributed by atoms with van der Waals surface area (Å²) in [6.45, 7) is 1.90. The molecule has 2 rings (SSSR count). The lowest BCUT2D eigenvalue weighted by Gasteiger charge is -2.06. The first-order chi connectivity index (χ1) is 8.71. The highest BCUT2D eigenvalue weighted by Gasteiger charge is 2.07. The van der Waals surface area contributed by atoms with Crippen LogP contribution in [0, 0.1) is 6.92 Å². The van der Waals surface area contributed by atoms with E-state index in [2.05, 4.69) is 25.3 Å². The molecular formula is C11H13N5O2. The summed E-state index contributed by atoms with van der Waals surface area (Å²) in [5.74, 6) is 0.924. The van der Waals surface area contributed by atoms with Crippen molar-refractivity contribution in [2.45, 2.75) is 6.92 Å². The molecule has 2 heterocycles. The number of hydrogen-bond acceptors (Lipinski definition) is 7. The molecule has 0 fully saturated rings. The number of nitrogens with zero attached hydrogens (tertiary/aromatic N) is 4. The number of aryl methyl sites for hydroxylation is 1. The second-order valence-electron chi connectivity index (χ2n) is 3.42. The highest BCUT2D eigenvalue weighted by molar-refractivity contribution is 5.29. The van der Waals surface area contributed by atoms with Crippen molar-refractivity contribution < 1.29 is 9.47 Å². The van der Waals surface area contributed by atoms with Gasteiger partial charge in [0.15, 0.2) is 0 Å². The second-order valence-corrected chi connectivity index (χ2v) is 3.42. The van der Waals surface area contributed by atoms with Gasteiger partial charge in [-0.15, -0.1) is 4.98 Å². The second kappa shape index (κ2) is 5.26. The van der Waals surface area contributed by atoms with Gasteiger partial charge >= 0.3 is 12.0 Å². The zero-order chi connectivity index (χ0) is 13.0. The minimum absolute atomic E-state index is 0.150. The summed E-state index contributed by atoms with van der Waals surface area (Å²) in [5, 5.41) is 2.80. The molecule has 0 aliphatic heterocycles. The Kier molecular flexibility index (Phi) is 3.52. The zero-order valence-corrected chi connectivity index (χ0v) is 10.3. The molecule has 1 N–H and O–H groups in total. The van der Waals surface area contributed by atoms with E-state index < -0.39 is 0 Å². The Morgan fingerprint density at radius 1 is 1.11 bits per heavy atom. The molecule has 0 aliphatic carbocycles. The number of nitrogens with one attached hydrogen (secondary N) is 1. The van der Waals surface area contributed by atoms with Gasteiger partial charge in [0.1, 0.15) is 5.75 Å². The maximum absolute atomic E-state index is 5.47. The van der Waals surface area contributed by atoms with Gasteiger partial charge in [0.05, 0.1) is 13.3 Å². The molecule has 0 atom stereocenters. The van der Waals surface area contributed by atoms with Crippen LogP contribution in [0.2, 0.25) is 0 Å². The largest absolute Gasteiger partial charge is 0.467 e. The molecule has 0 amide bonds. The van der Waals surface area contributed by atoms with Crippen molar-refractivity contribution >= 4 is 5.95 Å². The number of ether oxygens (including phenoxy) is 2. The first-order valence-corrected chi connectivity index (χ1v) is 5.29. The van der Waals surface area contributed by atoms with Crippen LogP contribution in [0.4, 0.5) is 5.95 Å². The van der Waals surface area contributed by atoms with E-state index in [0.29, 0.717) is 11.7 Å². The van der Waals surface area contributed by atoms with Crippen molar-refractivity contribution in [3.63, 3.8) is 0 Å². The minimum Gasteiger partial charge on any atom is -0.467 e. The molecule has 0 saturated carbocycles. The third-order valence-corrected chi connectivity index (χ3v) is 2.09. The number of aromatic nitrogens is 4. The van der Waals surface area contributed by atoms with Gasteiger partial charge in [-0.25, -0.2) is 0 Å². The molecule has 0 radical (unpaired) electrons. The first-order valence-electron chi connectivity index (χ1n) is 5.29. The van der Waals surface area contributed by atoms with Crippen LogP contribution < -0.4 is 14.8 Å². The predicted octanol–water partition coefficient (Wildman–Crippen LogP) is 1.42. The van der Waals surface area contributed by atoms with Crippen LogP contribution in [0.1, 0.15) is 5.69 Å². The number of anilines is 1. The Morgan fingerprint density at radius 3 is 2.50 bits per heavy atom. The Morgan fingerprint density at radius 2 is 1.89 bits per heavy atom. The molecule has 7 nitrogen and oxygen atoms in total. The van der Waals surface area contributed by atoms with Crippen LogP contribution in [-0.4, -0.2) is 34.1 Å². The van der Waals surface area contributed by atoms with Gasteiger partial charge in [-0.05, 0) is 19.1 Å². The van der Waals surface area contributed by atoms with Crippen LogP contribution in [-0.2, 0) is 0 Å². The molecule has 94 valence electrons. The molecule has 2 aromatic rings. The van der Waals surface area contributed by atoms with E-state index in [1.165, 1.54) is 7.11 Å². The highest BCUT2D eigenvalue weighted by atomic mass is 16.5. The average Bonchev–Trinajstić information content (AvgIpc) is 2.41. The Balaban J connectivity index is 2.25. The van der Waals surface area contributed by atoms with Crippen molar-refractivity contribution in [2.24, 2.45) is 0 Å². The monoisotopic (exact) mass is 247 g/mol. The number of rotatable bonds is 4. The molecule has 0 aromatic carbocycles. The summed E-state index contributed by atoms with van der Waals surface area (Å²) < 4.78 is 10.4. The van der Waals surface area contributed by atoms with Crippen LogP contribution >= 0.6 is 0 Å². The average molecular weight is 247 g/mol. The topological polar surface area (TPSA) is 82.1 Å². The summed E-state index contributed by atoms with van der Waals surface area (Å²) in [6, 6.07) is 3.96. The summed E-state index contributed by atoms with van der Waals surface area (Å²) in [4.78, 5) is 16.1. The van der Waals surface area contributed by atoms with Gasteiger partial charge in [0, 0.05) is 12.7 Å². The number of pyridine rings is 1. The molecule has 0 unspecified atom stereocenters. The Bertz CT molecular complexity index is 507. The van der Waals surface area contributed by atoms with E-state index in [4.69, 9.17) is 9.47 Å². The predicted molar refractivity (Wildman–Crippen MR) is 65.0 cm³/mol. The van der Waals surface area contributed by atoms with E-state index in [1.54, 1.807) is 19.3 Å². The minimum atomic E-state index is 0.150. The molecule has 18 heavy (non-hydrogen) atoms. The summed E-state index contributed by atoms with van der Waals surface area (Å²) >= 11 is 0. The number of hydrogen-bond donors (Lipinski definition) is 1. The van der Waals surface area contributed by atoms with Crippen LogP contribution in [0.5, 0.6) is 17.8 Å². The molecule has 0 aliphatic rings. The van der Waals surface area contributed by atoms with E-state index in [0.717, 1.165) is 5.69 Å². The smallest absolute Gasteiger partial charge is 0.330 e. The molecule has 0 bridgehead atoms. The third kappa shape index (κ3) is 2.82. The highest BCUT2D eigenvalue weighted by Crippen LogP contribution is 2.19. The van der Waals surface area contributed by atoms with Crippen molar-refractivity contribution in [3.05, 3.63) is 24.0 Å². The fourth-order valence-electron chi connectivity index (χ4n) is 1.21. The van der Waals surface area contributed by atoms with E-state index in [1.807, 2.05) is 13.0 Å². The fraction of sp³-hybridized carbons (Fsp3) is 0.273. The molecule has 7 heteroatoms. The normalized spacial score (nSPS) is 9.94. The van der Waals surface area contributed by atoms with Crippen LogP contribution in [0.3, 0.4) is 0 Å². The van der Waals surface area contributed by atoms with Gasteiger partial charge in [0.2, 0.25) is 5.95 Å². The first kappa shape index (κ1) is 12.0. The third-order valence-electron chi connectivity index (χ3n) is 2.09. The fourth-order valence-corrected chi connectivity index (χ4v) is 1.21. The molecule has 0 saturated heterocycles. The van der Waals surface area contributed by atoms with Gasteiger partial charge < -0.3 is 14.8 Å². The number of methoxy groups -OCH3 is 1. The standard InChI is InChI=1S/C11H13N5O2/c1-7-4-5-8(6-13-7)18-11-15-9(12-2)14-10(16-11)17-3/h4-6H,1-3H3,(H,12,14,15,16). The van der Waals surface area contributed by atoms with Gasteiger partial charge in [-0.3, -0.25) is 4.98 Å². The summed E-state index contributed by atoms with van der Waals surface area (Å²) in [7, 11) is 3.18. The van der Waals surface area contributed by atoms with Crippen molar-refractivity contribution in [1.82, 2.24) is 19.9 Å². The summed E-state index contributed by atoms with van der Waals surface area (Å²) in [6.07, 6.45) is 1.60. The molecule has 0 spiro atoms. The van der Waals surface area contributed by atoms with Crippen molar-refractivity contribution in [1.29, 1.82) is 0 Å². The van der Waals surface area contributed by atoms with Crippen LogP contribution in [0.25, 0.3) is 0 Å². The van der Waals surface area contributed by atoms with Crippen molar-refractivity contribution in [3.8, 4) is 17.8 Å². The maximum Gasteiger partial charge on any atom is 0.330 e. The van der Waals surface area contributed by atoms with E-state index in [9.17, 15) is 0 Å². The van der Waals surface area contributed by atoms with Gasteiger partial charge in [-0.1, -0.05) is 0 Å². The SMILES string of the molecule is CNc1nc(OC)nc(Oc2ccc(C)nc2)n1. The van der Waals surface area contributed by atoms with Gasteiger partial charge in [0.25, 0.3) is 0 Å². The van der Waals surface area contributed by atoms with Gasteiger partial charge in [-0.2, -0.15) is 9.97 Å². The molecule has 2 aromatic heterocycles. The zero-order valence-electron chi connectivity index (χ0n) is 10.3. The lowest BCUT2D eigenvalue weighted by molar-refractivity contribution is 0.360. The molecular weight excluding hydrogens is 234 g/mol. The quantitative estimate of drug-likeness (QED) is 0.874. The van der Waals surface area contributed by atoms with E-state index >= 15 is 0 Å². The maximum atomic E-state index is 5.47.